The molecule has 6 nitrogen and oxygen atoms in total. The molecule has 1 heterocycles. The molecule has 0 radical (unpaired) electrons. The first-order chi connectivity index (χ1) is 10.1. The van der Waals surface area contributed by atoms with E-state index < -0.39 is 12.1 Å². The Labute approximate surface area is 122 Å². The lowest BCUT2D eigenvalue weighted by atomic mass is 10.2. The number of para-hydroxylation sites is 1. The molecule has 112 valence electrons. The lowest BCUT2D eigenvalue weighted by Gasteiger charge is -2.17. The van der Waals surface area contributed by atoms with Gasteiger partial charge in [0.15, 0.2) is 0 Å². The topological polar surface area (TPSA) is 76.1 Å². The van der Waals surface area contributed by atoms with Crippen molar-refractivity contribution in [3.63, 3.8) is 0 Å². The first-order valence-electron chi connectivity index (χ1n) is 6.63. The van der Waals surface area contributed by atoms with Gasteiger partial charge in [0.2, 0.25) is 0 Å². The van der Waals surface area contributed by atoms with E-state index in [1.165, 1.54) is 17.0 Å². The maximum Gasteiger partial charge on any atom is 0.410 e. The zero-order valence-electron chi connectivity index (χ0n) is 11.5. The lowest BCUT2D eigenvalue weighted by Crippen LogP contribution is -2.31. The van der Waals surface area contributed by atoms with Crippen molar-refractivity contribution >= 4 is 12.1 Å². The highest BCUT2D eigenvalue weighted by atomic mass is 16.6. The van der Waals surface area contributed by atoms with Crippen LogP contribution in [-0.4, -0.2) is 47.9 Å². The van der Waals surface area contributed by atoms with E-state index in [2.05, 4.69) is 6.58 Å². The van der Waals surface area contributed by atoms with E-state index >= 15 is 0 Å². The number of amides is 1. The van der Waals surface area contributed by atoms with Crippen LogP contribution in [0.25, 0.3) is 0 Å². The second kappa shape index (κ2) is 6.78. The van der Waals surface area contributed by atoms with Crippen LogP contribution in [0.1, 0.15) is 16.8 Å². The molecule has 1 aliphatic rings. The van der Waals surface area contributed by atoms with Crippen LogP contribution < -0.4 is 4.74 Å². The minimum Gasteiger partial charge on any atom is -0.488 e. The summed E-state index contributed by atoms with van der Waals surface area (Å²) in [6.07, 6.45) is 1.50. The van der Waals surface area contributed by atoms with Crippen molar-refractivity contribution in [1.82, 2.24) is 4.90 Å². The predicted molar refractivity (Wildman–Crippen MR) is 75.6 cm³/mol. The molecule has 1 amide bonds. The monoisotopic (exact) mass is 291 g/mol. The van der Waals surface area contributed by atoms with Crippen LogP contribution in [0.2, 0.25) is 0 Å². The summed E-state index contributed by atoms with van der Waals surface area (Å²) in [5, 5.41) is 9.10. The van der Waals surface area contributed by atoms with Gasteiger partial charge in [-0.25, -0.2) is 9.59 Å². The van der Waals surface area contributed by atoms with Crippen LogP contribution in [0.5, 0.6) is 5.75 Å². The van der Waals surface area contributed by atoms with E-state index in [1.54, 1.807) is 18.2 Å². The fourth-order valence-corrected chi connectivity index (χ4v) is 2.14. The highest BCUT2D eigenvalue weighted by Crippen LogP contribution is 2.23. The molecular formula is C15H17NO5. The predicted octanol–water partition coefficient (Wildman–Crippen LogP) is 2.16. The third-order valence-corrected chi connectivity index (χ3v) is 3.14. The summed E-state index contributed by atoms with van der Waals surface area (Å²) in [5.41, 5.74) is 0.116. The largest absolute Gasteiger partial charge is 0.488 e. The Morgan fingerprint density at radius 3 is 2.90 bits per heavy atom. The second-order valence-corrected chi connectivity index (χ2v) is 4.64. The number of ether oxygens (including phenoxy) is 2. The average Bonchev–Trinajstić information content (AvgIpc) is 2.93. The summed E-state index contributed by atoms with van der Waals surface area (Å²) in [5.74, 6) is -0.720. The molecule has 1 aliphatic heterocycles. The first-order valence-corrected chi connectivity index (χ1v) is 6.63. The van der Waals surface area contributed by atoms with Gasteiger partial charge < -0.3 is 19.5 Å². The van der Waals surface area contributed by atoms with E-state index in [0.29, 0.717) is 25.3 Å². The molecule has 2 rings (SSSR count). The van der Waals surface area contributed by atoms with Crippen molar-refractivity contribution in [3.8, 4) is 5.75 Å². The summed E-state index contributed by atoms with van der Waals surface area (Å²) in [6.45, 7) is 4.55. The van der Waals surface area contributed by atoms with Crippen molar-refractivity contribution < 1.29 is 24.2 Å². The Bertz CT molecular complexity index is 543. The Balaban J connectivity index is 1.95. The zero-order chi connectivity index (χ0) is 15.2. The van der Waals surface area contributed by atoms with E-state index in [9.17, 15) is 9.59 Å². The molecule has 0 aliphatic carbocycles. The number of carboxylic acids is 1. The molecule has 0 saturated carbocycles. The van der Waals surface area contributed by atoms with Crippen molar-refractivity contribution in [2.75, 3.05) is 19.7 Å². The summed E-state index contributed by atoms with van der Waals surface area (Å²) < 4.78 is 10.7. The van der Waals surface area contributed by atoms with Gasteiger partial charge in [-0.3, -0.25) is 0 Å². The Morgan fingerprint density at radius 1 is 1.43 bits per heavy atom. The fraction of sp³-hybridized carbons (Fsp3) is 0.333. The number of carbonyl (C=O) groups is 2. The van der Waals surface area contributed by atoms with Crippen LogP contribution in [0.15, 0.2) is 36.9 Å². The van der Waals surface area contributed by atoms with E-state index in [-0.39, 0.29) is 18.3 Å². The molecule has 1 N–H and O–H groups in total. The molecule has 1 fully saturated rings. The molecule has 0 spiro atoms. The second-order valence-electron chi connectivity index (χ2n) is 4.64. The lowest BCUT2D eigenvalue weighted by molar-refractivity contribution is 0.0688. The highest BCUT2D eigenvalue weighted by Gasteiger charge is 2.29. The highest BCUT2D eigenvalue weighted by molar-refractivity contribution is 5.90. The van der Waals surface area contributed by atoms with E-state index in [4.69, 9.17) is 14.6 Å². The van der Waals surface area contributed by atoms with Crippen molar-refractivity contribution in [1.29, 1.82) is 0 Å². The van der Waals surface area contributed by atoms with Crippen molar-refractivity contribution in [2.24, 2.45) is 0 Å². The van der Waals surface area contributed by atoms with E-state index in [0.717, 1.165) is 0 Å². The number of hydrogen-bond donors (Lipinski definition) is 1. The number of carboxylic acid groups (broad SMARTS) is 1. The number of benzene rings is 1. The molecular weight excluding hydrogens is 274 g/mol. The molecule has 0 aromatic heterocycles. The summed E-state index contributed by atoms with van der Waals surface area (Å²) >= 11 is 0. The van der Waals surface area contributed by atoms with Crippen LogP contribution in [-0.2, 0) is 4.74 Å². The average molecular weight is 291 g/mol. The van der Waals surface area contributed by atoms with Crippen molar-refractivity contribution in [3.05, 3.63) is 42.5 Å². The Morgan fingerprint density at radius 2 is 2.19 bits per heavy atom. The molecule has 21 heavy (non-hydrogen) atoms. The van der Waals surface area contributed by atoms with Gasteiger partial charge >= 0.3 is 12.1 Å². The molecule has 6 heteroatoms. The van der Waals surface area contributed by atoms with Crippen LogP contribution in [0, 0.1) is 0 Å². The minimum absolute atomic E-state index is 0.116. The first kappa shape index (κ1) is 14.9. The van der Waals surface area contributed by atoms with Crippen LogP contribution >= 0.6 is 0 Å². The molecule has 1 atom stereocenters. The van der Waals surface area contributed by atoms with Gasteiger partial charge in [0.05, 0.1) is 6.54 Å². The van der Waals surface area contributed by atoms with Crippen LogP contribution in [0.4, 0.5) is 4.79 Å². The number of aromatic carboxylic acids is 1. The van der Waals surface area contributed by atoms with Gasteiger partial charge in [0.1, 0.15) is 24.0 Å². The normalized spacial score (nSPS) is 17.3. The number of nitrogens with zero attached hydrogens (tertiary/aromatic N) is 1. The molecule has 1 saturated heterocycles. The molecule has 1 aromatic rings. The maximum atomic E-state index is 11.7. The van der Waals surface area contributed by atoms with Gasteiger partial charge in [0.25, 0.3) is 0 Å². The fourth-order valence-electron chi connectivity index (χ4n) is 2.14. The summed E-state index contributed by atoms with van der Waals surface area (Å²) in [4.78, 5) is 24.3. The SMILES string of the molecule is C=CCOC(=O)N1CCC(Oc2ccccc2C(=O)O)C1. The third-order valence-electron chi connectivity index (χ3n) is 3.14. The molecule has 0 bridgehead atoms. The zero-order valence-corrected chi connectivity index (χ0v) is 11.5. The quantitative estimate of drug-likeness (QED) is 0.841. The molecule has 1 aromatic carbocycles. The van der Waals surface area contributed by atoms with Crippen molar-refractivity contribution in [2.45, 2.75) is 12.5 Å². The standard InChI is InChI=1S/C15H17NO5/c1-2-9-20-15(19)16-8-7-11(10-16)21-13-6-4-3-5-12(13)14(17)18/h2-6,11H,1,7-10H2,(H,17,18). The number of hydrogen-bond acceptors (Lipinski definition) is 4. The van der Waals surface area contributed by atoms with Gasteiger partial charge in [-0.2, -0.15) is 0 Å². The Hall–Kier alpha value is -2.50. The van der Waals surface area contributed by atoms with Crippen LogP contribution in [0.3, 0.4) is 0 Å². The van der Waals surface area contributed by atoms with Gasteiger partial charge in [0, 0.05) is 13.0 Å². The number of carbonyl (C=O) groups excluding carboxylic acids is 1. The Kier molecular flexibility index (Phi) is 4.81. The van der Waals surface area contributed by atoms with E-state index in [1.807, 2.05) is 0 Å². The maximum absolute atomic E-state index is 11.7. The number of likely N-dealkylation sites (tertiary alicyclic amines) is 1. The summed E-state index contributed by atoms with van der Waals surface area (Å²) in [6, 6.07) is 6.46. The van der Waals surface area contributed by atoms with Gasteiger partial charge in [-0.1, -0.05) is 24.8 Å². The number of rotatable bonds is 5. The smallest absolute Gasteiger partial charge is 0.410 e. The minimum atomic E-state index is -1.04. The van der Waals surface area contributed by atoms with Gasteiger partial charge in [-0.15, -0.1) is 0 Å². The summed E-state index contributed by atoms with van der Waals surface area (Å²) in [7, 11) is 0. The third kappa shape index (κ3) is 3.75. The van der Waals surface area contributed by atoms with Gasteiger partial charge in [-0.05, 0) is 12.1 Å². The molecule has 1 unspecified atom stereocenters.